The number of nitrogens with one attached hydrogen (secondary N) is 2. The molecule has 0 spiro atoms. The first-order valence-electron chi connectivity index (χ1n) is 10.1. The standard InChI is InChI=1S/C22H23N7O2/c1-13-5-4-6-14-11-16(24-17(13)14)12-29-20(30)18-19(28(3)22(29)31)26-21(27(18)2)25-15-7-9-23-10-8-15/h4-11,18-19,24H,12H2,1-3H3,(H,23,25,26). The summed E-state index contributed by atoms with van der Waals surface area (Å²) in [6.45, 7) is 2.21. The predicted molar refractivity (Wildman–Crippen MR) is 117 cm³/mol. The number of nitrogens with zero attached hydrogens (tertiary/aromatic N) is 5. The molecule has 2 N–H and O–H groups in total. The first-order valence-corrected chi connectivity index (χ1v) is 10.1. The molecule has 31 heavy (non-hydrogen) atoms. The van der Waals surface area contributed by atoms with Crippen LogP contribution in [0.2, 0.25) is 0 Å². The summed E-state index contributed by atoms with van der Waals surface area (Å²) in [6, 6.07) is 10.7. The van der Waals surface area contributed by atoms with E-state index in [0.717, 1.165) is 27.8 Å². The Hall–Kier alpha value is -3.88. The fourth-order valence-electron chi connectivity index (χ4n) is 4.22. The normalized spacial score (nSPS) is 21.0. The van der Waals surface area contributed by atoms with Gasteiger partial charge in [0.1, 0.15) is 0 Å². The number of carbonyl (C=O) groups is 2. The van der Waals surface area contributed by atoms with E-state index < -0.39 is 12.2 Å². The van der Waals surface area contributed by atoms with E-state index in [0.29, 0.717) is 5.96 Å². The molecule has 0 aliphatic carbocycles. The van der Waals surface area contributed by atoms with Gasteiger partial charge in [0, 0.05) is 43.4 Å². The molecule has 0 bridgehead atoms. The Morgan fingerprint density at radius 2 is 1.87 bits per heavy atom. The van der Waals surface area contributed by atoms with E-state index >= 15 is 0 Å². The summed E-state index contributed by atoms with van der Waals surface area (Å²) in [6.07, 6.45) is 2.78. The van der Waals surface area contributed by atoms with Gasteiger partial charge in [-0.05, 0) is 36.1 Å². The van der Waals surface area contributed by atoms with Crippen molar-refractivity contribution in [2.45, 2.75) is 25.7 Å². The molecule has 4 heterocycles. The summed E-state index contributed by atoms with van der Waals surface area (Å²) in [7, 11) is 3.49. The molecule has 3 aromatic rings. The van der Waals surface area contributed by atoms with Crippen LogP contribution in [-0.4, -0.2) is 68.9 Å². The van der Waals surface area contributed by atoms with E-state index in [9.17, 15) is 9.59 Å². The Morgan fingerprint density at radius 1 is 1.10 bits per heavy atom. The summed E-state index contributed by atoms with van der Waals surface area (Å²) >= 11 is 0. The second-order valence-corrected chi connectivity index (χ2v) is 7.93. The van der Waals surface area contributed by atoms with Crippen molar-refractivity contribution in [3.63, 3.8) is 0 Å². The number of guanidine groups is 1. The lowest BCUT2D eigenvalue weighted by Crippen LogP contribution is -2.64. The molecular formula is C22H23N7O2. The minimum absolute atomic E-state index is 0.181. The number of aromatic amines is 1. The van der Waals surface area contributed by atoms with Crippen LogP contribution in [0.25, 0.3) is 10.9 Å². The lowest BCUT2D eigenvalue weighted by molar-refractivity contribution is -0.137. The van der Waals surface area contributed by atoms with Gasteiger partial charge in [-0.1, -0.05) is 18.2 Å². The Labute approximate surface area is 179 Å². The molecule has 2 aliphatic heterocycles. The molecule has 158 valence electrons. The average molecular weight is 417 g/mol. The van der Waals surface area contributed by atoms with E-state index in [1.54, 1.807) is 24.3 Å². The van der Waals surface area contributed by atoms with Crippen molar-refractivity contribution in [2.75, 3.05) is 19.4 Å². The molecule has 2 atom stereocenters. The highest BCUT2D eigenvalue weighted by atomic mass is 16.2. The lowest BCUT2D eigenvalue weighted by atomic mass is 10.1. The highest BCUT2D eigenvalue weighted by molar-refractivity contribution is 6.06. The number of fused-ring (bicyclic) bond motifs is 2. The van der Waals surface area contributed by atoms with Crippen LogP contribution in [0.3, 0.4) is 0 Å². The van der Waals surface area contributed by atoms with Crippen LogP contribution in [0.1, 0.15) is 11.3 Å². The molecular weight excluding hydrogens is 394 g/mol. The third-order valence-electron chi connectivity index (χ3n) is 5.92. The van der Waals surface area contributed by atoms with Crippen LogP contribution in [-0.2, 0) is 11.3 Å². The van der Waals surface area contributed by atoms with Crippen LogP contribution in [0.5, 0.6) is 0 Å². The van der Waals surface area contributed by atoms with Crippen molar-refractivity contribution in [3.8, 4) is 0 Å². The molecule has 9 heteroatoms. The number of benzene rings is 1. The predicted octanol–water partition coefficient (Wildman–Crippen LogP) is 2.37. The molecule has 2 aliphatic rings. The quantitative estimate of drug-likeness (QED) is 0.682. The number of imide groups is 1. The average Bonchev–Trinajstić information content (AvgIpc) is 3.32. The smallest absolute Gasteiger partial charge is 0.328 e. The summed E-state index contributed by atoms with van der Waals surface area (Å²) in [5.74, 6) is 0.276. The second-order valence-electron chi connectivity index (χ2n) is 7.93. The van der Waals surface area contributed by atoms with E-state index in [-0.39, 0.29) is 18.5 Å². The number of likely N-dealkylation sites (N-methyl/N-ethyl adjacent to an activating group) is 2. The Balaban J connectivity index is 1.41. The molecule has 9 nitrogen and oxygen atoms in total. The van der Waals surface area contributed by atoms with Gasteiger partial charge < -0.3 is 20.1 Å². The number of aromatic nitrogens is 2. The van der Waals surface area contributed by atoms with Crippen LogP contribution < -0.4 is 5.32 Å². The molecule has 2 unspecified atom stereocenters. The second kappa shape index (κ2) is 7.12. The van der Waals surface area contributed by atoms with Crippen molar-refractivity contribution >= 4 is 34.5 Å². The SMILES string of the molecule is Cc1cccc2cc(CN3C(=O)C4C(N=C(Nc5ccncc5)N4C)N(C)C3=O)[nH]c12. The number of hydrogen-bond donors (Lipinski definition) is 2. The number of hydrogen-bond acceptors (Lipinski definition) is 6. The highest BCUT2D eigenvalue weighted by Crippen LogP contribution is 2.29. The van der Waals surface area contributed by atoms with Crippen LogP contribution in [0.15, 0.2) is 53.8 Å². The van der Waals surface area contributed by atoms with Gasteiger partial charge in [-0.2, -0.15) is 0 Å². The number of pyridine rings is 1. The minimum Gasteiger partial charge on any atom is -0.357 e. The van der Waals surface area contributed by atoms with Crippen LogP contribution in [0.4, 0.5) is 10.5 Å². The number of aryl methyl sites for hydroxylation is 1. The summed E-state index contributed by atoms with van der Waals surface area (Å²) in [5.41, 5.74) is 3.76. The van der Waals surface area contributed by atoms with Gasteiger partial charge in [0.2, 0.25) is 5.96 Å². The topological polar surface area (TPSA) is 96.9 Å². The maximum atomic E-state index is 13.4. The fourth-order valence-corrected chi connectivity index (χ4v) is 4.22. The number of rotatable bonds is 3. The zero-order chi connectivity index (χ0) is 21.7. The fraction of sp³-hybridized carbons (Fsp3) is 0.273. The van der Waals surface area contributed by atoms with Gasteiger partial charge >= 0.3 is 6.03 Å². The molecule has 1 aromatic carbocycles. The Bertz CT molecular complexity index is 1200. The van der Waals surface area contributed by atoms with E-state index in [4.69, 9.17) is 0 Å². The molecule has 1 fully saturated rings. The maximum absolute atomic E-state index is 13.4. The van der Waals surface area contributed by atoms with Gasteiger partial charge in [0.05, 0.1) is 6.54 Å². The van der Waals surface area contributed by atoms with Crippen molar-refractivity contribution in [1.82, 2.24) is 24.7 Å². The van der Waals surface area contributed by atoms with Gasteiger partial charge in [0.15, 0.2) is 12.2 Å². The maximum Gasteiger partial charge on any atom is 0.328 e. The summed E-state index contributed by atoms with van der Waals surface area (Å²) in [5, 5.41) is 4.27. The zero-order valence-electron chi connectivity index (χ0n) is 17.5. The van der Waals surface area contributed by atoms with E-state index in [1.165, 1.54) is 9.80 Å². The van der Waals surface area contributed by atoms with Crippen LogP contribution >= 0.6 is 0 Å². The number of carbonyl (C=O) groups excluding carboxylic acids is 2. The van der Waals surface area contributed by atoms with Crippen molar-refractivity contribution in [1.29, 1.82) is 0 Å². The third-order valence-corrected chi connectivity index (χ3v) is 5.92. The number of H-pyrrole nitrogens is 1. The minimum atomic E-state index is -0.585. The van der Waals surface area contributed by atoms with Gasteiger partial charge in [-0.3, -0.25) is 14.7 Å². The van der Waals surface area contributed by atoms with Gasteiger partial charge in [-0.15, -0.1) is 0 Å². The lowest BCUT2D eigenvalue weighted by Gasteiger charge is -2.40. The first-order chi connectivity index (χ1) is 14.9. The molecule has 3 amide bonds. The summed E-state index contributed by atoms with van der Waals surface area (Å²) in [4.78, 5) is 43.0. The molecule has 0 saturated carbocycles. The van der Waals surface area contributed by atoms with Gasteiger partial charge in [0.25, 0.3) is 5.91 Å². The largest absolute Gasteiger partial charge is 0.357 e. The highest BCUT2D eigenvalue weighted by Gasteiger charge is 2.51. The number of urea groups is 1. The molecule has 5 rings (SSSR count). The molecule has 2 aromatic heterocycles. The number of amides is 3. The number of anilines is 1. The summed E-state index contributed by atoms with van der Waals surface area (Å²) < 4.78 is 0. The zero-order valence-corrected chi connectivity index (χ0v) is 17.5. The molecule has 1 saturated heterocycles. The van der Waals surface area contributed by atoms with Crippen molar-refractivity contribution in [3.05, 3.63) is 60.0 Å². The molecule has 0 radical (unpaired) electrons. The third kappa shape index (κ3) is 3.09. The van der Waals surface area contributed by atoms with E-state index in [2.05, 4.69) is 20.3 Å². The number of aliphatic imine (C=N–C) groups is 1. The van der Waals surface area contributed by atoms with Crippen molar-refractivity contribution < 1.29 is 9.59 Å². The monoisotopic (exact) mass is 417 g/mol. The van der Waals surface area contributed by atoms with Crippen molar-refractivity contribution in [2.24, 2.45) is 4.99 Å². The Kier molecular flexibility index (Phi) is 4.39. The van der Waals surface area contributed by atoms with E-state index in [1.807, 2.05) is 50.4 Å². The van der Waals surface area contributed by atoms with Gasteiger partial charge in [-0.25, -0.2) is 9.79 Å². The Morgan fingerprint density at radius 3 is 2.61 bits per heavy atom. The number of para-hydroxylation sites is 1. The van der Waals surface area contributed by atoms with Crippen LogP contribution in [0, 0.1) is 6.92 Å². The first kappa shape index (κ1) is 19.1.